The van der Waals surface area contributed by atoms with Crippen LogP contribution in [0.3, 0.4) is 0 Å². The summed E-state index contributed by atoms with van der Waals surface area (Å²) < 4.78 is 5.08. The first-order valence-electron chi connectivity index (χ1n) is 6.15. The van der Waals surface area contributed by atoms with E-state index < -0.39 is 0 Å². The maximum atomic E-state index is 12.4. The number of carbonyl (C=O) groups is 1. The van der Waals surface area contributed by atoms with Crippen molar-refractivity contribution < 1.29 is 9.53 Å². The second-order valence-corrected chi connectivity index (χ2v) is 4.48. The Hall–Kier alpha value is -2.29. The number of rotatable bonds is 4. The Balaban J connectivity index is 2.20. The van der Waals surface area contributed by atoms with E-state index in [2.05, 4.69) is 0 Å². The van der Waals surface area contributed by atoms with Crippen molar-refractivity contribution in [3.8, 4) is 5.75 Å². The van der Waals surface area contributed by atoms with Crippen molar-refractivity contribution in [3.05, 3.63) is 59.7 Å². The largest absolute Gasteiger partial charge is 0.497 e. The van der Waals surface area contributed by atoms with Gasteiger partial charge >= 0.3 is 0 Å². The summed E-state index contributed by atoms with van der Waals surface area (Å²) in [5.74, 6) is 0.651. The Morgan fingerprint density at radius 2 is 1.63 bits per heavy atom. The highest BCUT2D eigenvalue weighted by atomic mass is 16.5. The zero-order valence-electron chi connectivity index (χ0n) is 11.1. The molecule has 98 valence electrons. The Kier molecular flexibility index (Phi) is 3.85. The fourth-order valence-electron chi connectivity index (χ4n) is 1.94. The molecule has 0 heterocycles. The molecular weight excluding hydrogens is 238 g/mol. The Morgan fingerprint density at radius 1 is 1.05 bits per heavy atom. The molecule has 0 aliphatic carbocycles. The SMILES string of the molecule is COc1ccc(C(=O)C(C)c2ccc(N)cc2)cc1. The predicted molar refractivity (Wildman–Crippen MR) is 76.6 cm³/mol. The van der Waals surface area contributed by atoms with Gasteiger partial charge in [0.2, 0.25) is 0 Å². The van der Waals surface area contributed by atoms with Gasteiger partial charge in [-0.25, -0.2) is 0 Å². The predicted octanol–water partition coefficient (Wildman–Crippen LogP) is 3.26. The summed E-state index contributed by atoms with van der Waals surface area (Å²) in [6.07, 6.45) is 0. The topological polar surface area (TPSA) is 52.3 Å². The van der Waals surface area contributed by atoms with E-state index in [1.165, 1.54) is 0 Å². The molecule has 0 bridgehead atoms. The molecule has 3 nitrogen and oxygen atoms in total. The standard InChI is InChI=1S/C16H17NO2/c1-11(12-3-7-14(17)8-4-12)16(18)13-5-9-15(19-2)10-6-13/h3-11H,17H2,1-2H3. The quantitative estimate of drug-likeness (QED) is 0.674. The number of methoxy groups -OCH3 is 1. The zero-order valence-corrected chi connectivity index (χ0v) is 11.1. The molecular formula is C16H17NO2. The summed E-state index contributed by atoms with van der Waals surface area (Å²) in [6.45, 7) is 1.90. The van der Waals surface area contributed by atoms with Gasteiger partial charge in [-0.05, 0) is 42.0 Å². The van der Waals surface area contributed by atoms with Gasteiger partial charge in [0.05, 0.1) is 7.11 Å². The maximum absolute atomic E-state index is 12.4. The van der Waals surface area contributed by atoms with Gasteiger partial charge in [0.25, 0.3) is 0 Å². The monoisotopic (exact) mass is 255 g/mol. The molecule has 2 aromatic rings. The Bertz CT molecular complexity index is 558. The Labute approximate surface area is 113 Å². The molecule has 0 aliphatic rings. The van der Waals surface area contributed by atoms with Crippen molar-refractivity contribution in [2.75, 3.05) is 12.8 Å². The highest BCUT2D eigenvalue weighted by Crippen LogP contribution is 2.22. The molecule has 0 aromatic heterocycles. The van der Waals surface area contributed by atoms with Crippen molar-refractivity contribution in [3.63, 3.8) is 0 Å². The van der Waals surface area contributed by atoms with Gasteiger partial charge in [-0.15, -0.1) is 0 Å². The van der Waals surface area contributed by atoms with E-state index in [4.69, 9.17) is 10.5 Å². The molecule has 3 heteroatoms. The lowest BCUT2D eigenvalue weighted by molar-refractivity contribution is 0.0966. The first kappa shape index (κ1) is 13.1. The number of ketones is 1. The van der Waals surface area contributed by atoms with Crippen molar-refractivity contribution >= 4 is 11.5 Å². The van der Waals surface area contributed by atoms with Crippen LogP contribution in [-0.4, -0.2) is 12.9 Å². The second kappa shape index (κ2) is 5.57. The molecule has 1 atom stereocenters. The number of Topliss-reactive ketones (excluding diaryl/α,β-unsaturated/α-hetero) is 1. The van der Waals surface area contributed by atoms with E-state index >= 15 is 0 Å². The van der Waals surface area contributed by atoms with Crippen LogP contribution in [0.5, 0.6) is 5.75 Å². The first-order valence-corrected chi connectivity index (χ1v) is 6.15. The molecule has 1 unspecified atom stereocenters. The fourth-order valence-corrected chi connectivity index (χ4v) is 1.94. The summed E-state index contributed by atoms with van der Waals surface area (Å²) >= 11 is 0. The molecule has 2 N–H and O–H groups in total. The first-order chi connectivity index (χ1) is 9.11. The van der Waals surface area contributed by atoms with Gasteiger partial charge in [0.1, 0.15) is 5.75 Å². The van der Waals surface area contributed by atoms with Gasteiger partial charge in [0, 0.05) is 17.2 Å². The molecule has 0 aliphatic heterocycles. The summed E-state index contributed by atoms with van der Waals surface area (Å²) in [5.41, 5.74) is 8.00. The minimum absolute atomic E-state index is 0.0902. The second-order valence-electron chi connectivity index (χ2n) is 4.48. The number of carbonyl (C=O) groups excluding carboxylic acids is 1. The molecule has 0 spiro atoms. The van der Waals surface area contributed by atoms with Crippen LogP contribution in [0.2, 0.25) is 0 Å². The lowest BCUT2D eigenvalue weighted by atomic mass is 9.92. The highest BCUT2D eigenvalue weighted by molar-refractivity contribution is 6.00. The number of ether oxygens (including phenoxy) is 1. The van der Waals surface area contributed by atoms with E-state index in [1.54, 1.807) is 31.4 Å². The number of nitrogen functional groups attached to an aromatic ring is 1. The average molecular weight is 255 g/mol. The summed E-state index contributed by atoms with van der Waals surface area (Å²) in [5, 5.41) is 0. The van der Waals surface area contributed by atoms with E-state index in [-0.39, 0.29) is 11.7 Å². The number of benzene rings is 2. The van der Waals surface area contributed by atoms with Crippen LogP contribution < -0.4 is 10.5 Å². The fraction of sp³-hybridized carbons (Fsp3) is 0.188. The summed E-state index contributed by atoms with van der Waals surface area (Å²) in [4.78, 5) is 12.4. The molecule has 2 rings (SSSR count). The molecule has 0 fully saturated rings. The third kappa shape index (κ3) is 2.94. The van der Waals surface area contributed by atoms with E-state index in [9.17, 15) is 4.79 Å². The van der Waals surface area contributed by atoms with Crippen LogP contribution in [0.15, 0.2) is 48.5 Å². The van der Waals surface area contributed by atoms with Crippen LogP contribution in [0.4, 0.5) is 5.69 Å². The van der Waals surface area contributed by atoms with Crippen LogP contribution in [0.1, 0.15) is 28.8 Å². The lowest BCUT2D eigenvalue weighted by Crippen LogP contribution is -2.09. The van der Waals surface area contributed by atoms with Crippen molar-refractivity contribution in [2.24, 2.45) is 0 Å². The summed E-state index contributed by atoms with van der Waals surface area (Å²) in [7, 11) is 1.60. The van der Waals surface area contributed by atoms with Crippen LogP contribution in [0.25, 0.3) is 0 Å². The van der Waals surface area contributed by atoms with Gasteiger partial charge < -0.3 is 10.5 Å². The molecule has 0 saturated heterocycles. The zero-order chi connectivity index (χ0) is 13.8. The van der Waals surface area contributed by atoms with Crippen molar-refractivity contribution in [2.45, 2.75) is 12.8 Å². The van der Waals surface area contributed by atoms with Crippen LogP contribution in [-0.2, 0) is 0 Å². The molecule has 0 saturated carbocycles. The van der Waals surface area contributed by atoms with Gasteiger partial charge in [-0.2, -0.15) is 0 Å². The molecule has 0 amide bonds. The normalized spacial score (nSPS) is 11.9. The van der Waals surface area contributed by atoms with Gasteiger partial charge in [0.15, 0.2) is 5.78 Å². The number of hydrogen-bond acceptors (Lipinski definition) is 3. The maximum Gasteiger partial charge on any atom is 0.170 e. The smallest absolute Gasteiger partial charge is 0.170 e. The number of nitrogens with two attached hydrogens (primary N) is 1. The molecule has 0 radical (unpaired) electrons. The van der Waals surface area contributed by atoms with E-state index in [0.29, 0.717) is 11.3 Å². The minimum atomic E-state index is -0.186. The van der Waals surface area contributed by atoms with Crippen LogP contribution in [0, 0.1) is 0 Å². The highest BCUT2D eigenvalue weighted by Gasteiger charge is 2.16. The van der Waals surface area contributed by atoms with Gasteiger partial charge in [-0.3, -0.25) is 4.79 Å². The summed E-state index contributed by atoms with van der Waals surface area (Å²) in [6, 6.07) is 14.6. The van der Waals surface area contributed by atoms with Crippen molar-refractivity contribution in [1.82, 2.24) is 0 Å². The van der Waals surface area contributed by atoms with E-state index in [0.717, 1.165) is 11.3 Å². The van der Waals surface area contributed by atoms with Crippen LogP contribution >= 0.6 is 0 Å². The molecule has 2 aromatic carbocycles. The van der Waals surface area contributed by atoms with E-state index in [1.807, 2.05) is 31.2 Å². The lowest BCUT2D eigenvalue weighted by Gasteiger charge is -2.11. The third-order valence-electron chi connectivity index (χ3n) is 3.20. The number of hydrogen-bond donors (Lipinski definition) is 1. The van der Waals surface area contributed by atoms with Crippen molar-refractivity contribution in [1.29, 1.82) is 0 Å². The number of anilines is 1. The average Bonchev–Trinajstić information content (AvgIpc) is 2.46. The third-order valence-corrected chi connectivity index (χ3v) is 3.20. The Morgan fingerprint density at radius 3 is 2.16 bits per heavy atom. The minimum Gasteiger partial charge on any atom is -0.497 e. The molecule has 19 heavy (non-hydrogen) atoms. The van der Waals surface area contributed by atoms with Gasteiger partial charge in [-0.1, -0.05) is 19.1 Å².